The van der Waals surface area contributed by atoms with Crippen LogP contribution in [0.15, 0.2) is 16.9 Å². The summed E-state index contributed by atoms with van der Waals surface area (Å²) >= 11 is 0. The normalized spacial score (nSPS) is 12.4. The molecule has 0 radical (unpaired) electrons. The van der Waals surface area contributed by atoms with Crippen LogP contribution in [-0.2, 0) is 11.3 Å². The molecule has 5 nitrogen and oxygen atoms in total. The van der Waals surface area contributed by atoms with Crippen molar-refractivity contribution in [3.05, 3.63) is 18.0 Å². The van der Waals surface area contributed by atoms with E-state index in [9.17, 15) is 4.79 Å². The fraction of sp³-hybridized carbons (Fsp3) is 0.667. The van der Waals surface area contributed by atoms with E-state index in [-0.39, 0.29) is 5.91 Å². The van der Waals surface area contributed by atoms with Gasteiger partial charge in [-0.15, -0.1) is 0 Å². The molecule has 1 aromatic rings. The second kappa shape index (κ2) is 7.84. The zero-order chi connectivity index (χ0) is 12.5. The Morgan fingerprint density at radius 2 is 2.41 bits per heavy atom. The lowest BCUT2D eigenvalue weighted by Gasteiger charge is -2.12. The molecule has 3 N–H and O–H groups in total. The fourth-order valence-corrected chi connectivity index (χ4v) is 1.73. The molecule has 1 atom stereocenters. The average Bonchev–Trinajstić information content (AvgIpc) is 2.85. The van der Waals surface area contributed by atoms with Crippen LogP contribution in [0.5, 0.6) is 0 Å². The first-order valence-corrected chi connectivity index (χ1v) is 6.12. The highest BCUT2D eigenvalue weighted by Crippen LogP contribution is 2.14. The summed E-state index contributed by atoms with van der Waals surface area (Å²) in [7, 11) is 0. The SMILES string of the molecule is CCC(CCN)CCC(=O)NCc1ccon1. The summed E-state index contributed by atoms with van der Waals surface area (Å²) < 4.78 is 4.68. The van der Waals surface area contributed by atoms with E-state index >= 15 is 0 Å². The van der Waals surface area contributed by atoms with Crippen LogP contribution in [0.4, 0.5) is 0 Å². The maximum Gasteiger partial charge on any atom is 0.220 e. The lowest BCUT2D eigenvalue weighted by Crippen LogP contribution is -2.23. The number of amides is 1. The van der Waals surface area contributed by atoms with E-state index in [4.69, 9.17) is 5.73 Å². The highest BCUT2D eigenvalue weighted by molar-refractivity contribution is 5.75. The Hall–Kier alpha value is -1.36. The van der Waals surface area contributed by atoms with Crippen LogP contribution in [0.1, 0.15) is 38.3 Å². The number of nitrogens with two attached hydrogens (primary N) is 1. The van der Waals surface area contributed by atoms with Gasteiger partial charge in [-0.25, -0.2) is 0 Å². The predicted molar refractivity (Wildman–Crippen MR) is 65.0 cm³/mol. The second-order valence-electron chi connectivity index (χ2n) is 4.16. The Morgan fingerprint density at radius 1 is 1.59 bits per heavy atom. The summed E-state index contributed by atoms with van der Waals surface area (Å²) in [6.07, 6.45) is 5.02. The number of rotatable bonds is 8. The molecule has 0 spiro atoms. The molecule has 0 aromatic carbocycles. The van der Waals surface area contributed by atoms with Crippen molar-refractivity contribution in [2.24, 2.45) is 11.7 Å². The van der Waals surface area contributed by atoms with Crippen molar-refractivity contribution in [1.82, 2.24) is 10.5 Å². The first kappa shape index (κ1) is 13.7. The van der Waals surface area contributed by atoms with Gasteiger partial charge in [0.2, 0.25) is 5.91 Å². The zero-order valence-corrected chi connectivity index (χ0v) is 10.3. The third kappa shape index (κ3) is 5.49. The van der Waals surface area contributed by atoms with E-state index in [0.29, 0.717) is 25.4 Å². The van der Waals surface area contributed by atoms with Gasteiger partial charge in [0.15, 0.2) is 0 Å². The van der Waals surface area contributed by atoms with Gasteiger partial charge in [0.05, 0.1) is 6.54 Å². The summed E-state index contributed by atoms with van der Waals surface area (Å²) in [4.78, 5) is 11.6. The van der Waals surface area contributed by atoms with Crippen molar-refractivity contribution in [1.29, 1.82) is 0 Å². The van der Waals surface area contributed by atoms with E-state index in [1.165, 1.54) is 6.26 Å². The Kier molecular flexibility index (Phi) is 6.32. The summed E-state index contributed by atoms with van der Waals surface area (Å²) in [5, 5.41) is 6.54. The molecule has 1 unspecified atom stereocenters. The third-order valence-corrected chi connectivity index (χ3v) is 2.89. The van der Waals surface area contributed by atoms with E-state index in [1.54, 1.807) is 6.07 Å². The Balaban J connectivity index is 2.16. The van der Waals surface area contributed by atoms with Gasteiger partial charge in [-0.2, -0.15) is 0 Å². The number of carbonyl (C=O) groups excluding carboxylic acids is 1. The maximum atomic E-state index is 11.6. The minimum absolute atomic E-state index is 0.0588. The minimum Gasteiger partial charge on any atom is -0.364 e. The topological polar surface area (TPSA) is 81.2 Å². The van der Waals surface area contributed by atoms with Gasteiger partial charge in [0.1, 0.15) is 12.0 Å². The van der Waals surface area contributed by atoms with Gasteiger partial charge in [-0.05, 0) is 25.3 Å². The van der Waals surface area contributed by atoms with Crippen molar-refractivity contribution >= 4 is 5.91 Å². The van der Waals surface area contributed by atoms with Crippen LogP contribution >= 0.6 is 0 Å². The lowest BCUT2D eigenvalue weighted by molar-refractivity contribution is -0.121. The van der Waals surface area contributed by atoms with Gasteiger partial charge in [0, 0.05) is 12.5 Å². The Labute approximate surface area is 102 Å². The number of nitrogens with one attached hydrogen (secondary N) is 1. The molecule has 0 bridgehead atoms. The van der Waals surface area contributed by atoms with Crippen molar-refractivity contribution in [2.45, 2.75) is 39.2 Å². The summed E-state index contributed by atoms with van der Waals surface area (Å²) in [6.45, 7) is 3.26. The van der Waals surface area contributed by atoms with Gasteiger partial charge in [0.25, 0.3) is 0 Å². The highest BCUT2D eigenvalue weighted by Gasteiger charge is 2.09. The number of hydrogen-bond acceptors (Lipinski definition) is 4. The first-order valence-electron chi connectivity index (χ1n) is 6.12. The van der Waals surface area contributed by atoms with Crippen LogP contribution in [0, 0.1) is 5.92 Å². The molecule has 0 saturated carbocycles. The van der Waals surface area contributed by atoms with Crippen molar-refractivity contribution in [3.8, 4) is 0 Å². The Morgan fingerprint density at radius 3 is 3.00 bits per heavy atom. The molecule has 1 aromatic heterocycles. The molecule has 1 heterocycles. The molecule has 0 fully saturated rings. The van der Waals surface area contributed by atoms with Crippen LogP contribution in [-0.4, -0.2) is 17.6 Å². The first-order chi connectivity index (χ1) is 8.26. The minimum atomic E-state index is 0.0588. The Bertz CT molecular complexity index is 312. The number of hydrogen-bond donors (Lipinski definition) is 2. The van der Waals surface area contributed by atoms with Crippen molar-refractivity contribution < 1.29 is 9.32 Å². The van der Waals surface area contributed by atoms with Crippen LogP contribution in [0.25, 0.3) is 0 Å². The van der Waals surface area contributed by atoms with Crippen LogP contribution < -0.4 is 11.1 Å². The molecule has 96 valence electrons. The van der Waals surface area contributed by atoms with E-state index in [1.807, 2.05) is 0 Å². The van der Waals surface area contributed by atoms with E-state index in [2.05, 4.69) is 21.9 Å². The highest BCUT2D eigenvalue weighted by atomic mass is 16.5. The van der Waals surface area contributed by atoms with Crippen LogP contribution in [0.2, 0.25) is 0 Å². The van der Waals surface area contributed by atoms with Crippen molar-refractivity contribution in [2.75, 3.05) is 6.54 Å². The summed E-state index contributed by atoms with van der Waals surface area (Å²) in [5.74, 6) is 0.612. The summed E-state index contributed by atoms with van der Waals surface area (Å²) in [6, 6.07) is 1.74. The lowest BCUT2D eigenvalue weighted by atomic mass is 9.96. The maximum absolute atomic E-state index is 11.6. The predicted octanol–water partition coefficient (Wildman–Crippen LogP) is 1.45. The molecule has 1 amide bonds. The molecule has 0 aliphatic rings. The largest absolute Gasteiger partial charge is 0.364 e. The summed E-state index contributed by atoms with van der Waals surface area (Å²) in [5.41, 5.74) is 6.26. The molecule has 0 saturated heterocycles. The third-order valence-electron chi connectivity index (χ3n) is 2.89. The molecule has 0 aliphatic heterocycles. The molecule has 5 heteroatoms. The van der Waals surface area contributed by atoms with Gasteiger partial charge in [-0.3, -0.25) is 4.79 Å². The zero-order valence-electron chi connectivity index (χ0n) is 10.3. The van der Waals surface area contributed by atoms with Crippen molar-refractivity contribution in [3.63, 3.8) is 0 Å². The number of carbonyl (C=O) groups is 1. The second-order valence-corrected chi connectivity index (χ2v) is 4.16. The van der Waals surface area contributed by atoms with Gasteiger partial charge < -0.3 is 15.6 Å². The monoisotopic (exact) mass is 239 g/mol. The molecule has 0 aliphatic carbocycles. The number of aromatic nitrogens is 1. The van der Waals surface area contributed by atoms with E-state index in [0.717, 1.165) is 25.0 Å². The number of nitrogens with zero attached hydrogens (tertiary/aromatic N) is 1. The fourth-order valence-electron chi connectivity index (χ4n) is 1.73. The van der Waals surface area contributed by atoms with E-state index < -0.39 is 0 Å². The standard InChI is InChI=1S/C12H21N3O2/c1-2-10(5-7-13)3-4-12(16)14-9-11-6-8-17-15-11/h6,8,10H,2-5,7,9,13H2,1H3,(H,14,16). The smallest absolute Gasteiger partial charge is 0.220 e. The average molecular weight is 239 g/mol. The van der Waals surface area contributed by atoms with Gasteiger partial charge >= 0.3 is 0 Å². The van der Waals surface area contributed by atoms with Gasteiger partial charge in [-0.1, -0.05) is 18.5 Å². The molecule has 1 rings (SSSR count). The quantitative estimate of drug-likeness (QED) is 0.719. The molecular weight excluding hydrogens is 218 g/mol. The van der Waals surface area contributed by atoms with Crippen LogP contribution in [0.3, 0.4) is 0 Å². The molecular formula is C12H21N3O2. The molecule has 17 heavy (non-hydrogen) atoms.